The van der Waals surface area contributed by atoms with Gasteiger partial charge in [0.1, 0.15) is 128 Å². The number of hydrogen-bond acceptors (Lipinski definition) is 31. The zero-order valence-corrected chi connectivity index (χ0v) is 37.8. The number of carbonyl (C=O) groups is 3. The summed E-state index contributed by atoms with van der Waals surface area (Å²) in [6.45, 7) is -3.99. The van der Waals surface area contributed by atoms with Crippen LogP contribution in [0.1, 0.15) is 13.3 Å². The Bertz CT molecular complexity index is 1770. The average Bonchev–Trinajstić information content (AvgIpc) is 3.34. The number of aliphatic hydroxyl groups is 17. The molecule has 1 unspecified atom stereocenters. The molecule has 416 valence electrons. The maximum Gasteiger partial charge on any atom is 0.335 e. The van der Waals surface area contributed by atoms with Crippen molar-refractivity contribution in [2.24, 2.45) is 0 Å². The summed E-state index contributed by atoms with van der Waals surface area (Å²) in [5.74, 6) is -3.77. The van der Waals surface area contributed by atoms with Crippen molar-refractivity contribution in [2.45, 2.75) is 191 Å². The number of aliphatic hydroxyl groups excluding tert-OH is 17. The monoisotopic (exact) mass is 1060 g/mol. The summed E-state index contributed by atoms with van der Waals surface area (Å²) >= 11 is 0. The van der Waals surface area contributed by atoms with Crippen molar-refractivity contribution < 1.29 is 158 Å². The Morgan fingerprint density at radius 2 is 0.986 bits per heavy atom. The Labute approximate surface area is 405 Å². The lowest BCUT2D eigenvalue weighted by Gasteiger charge is -2.49. The van der Waals surface area contributed by atoms with Gasteiger partial charge in [-0.15, -0.1) is 0 Å². The molecule has 6 saturated heterocycles. The van der Waals surface area contributed by atoms with Gasteiger partial charge in [0.05, 0.1) is 39.1 Å². The molecule has 0 aromatic rings. The fraction of sp³-hybridized carbons (Fsp3) is 0.923. The number of hydrogen-bond donors (Lipinski definition) is 19. The third kappa shape index (κ3) is 12.5. The summed E-state index contributed by atoms with van der Waals surface area (Å²) < 4.78 is 61.9. The van der Waals surface area contributed by atoms with Crippen molar-refractivity contribution in [2.75, 3.05) is 33.0 Å². The van der Waals surface area contributed by atoms with E-state index in [1.807, 2.05) is 0 Å². The van der Waals surface area contributed by atoms with Gasteiger partial charge in [0.25, 0.3) is 0 Å². The van der Waals surface area contributed by atoms with Crippen LogP contribution in [0.5, 0.6) is 0 Å². The Morgan fingerprint density at radius 3 is 1.53 bits per heavy atom. The normalized spacial score (nSPS) is 48.7. The predicted octanol–water partition coefficient (Wildman–Crippen LogP) is -13.3. The molecule has 6 fully saturated rings. The third-order valence-electron chi connectivity index (χ3n) is 12.9. The van der Waals surface area contributed by atoms with Gasteiger partial charge >= 0.3 is 5.97 Å². The highest BCUT2D eigenvalue weighted by molar-refractivity contribution is 5.83. The van der Waals surface area contributed by atoms with E-state index in [9.17, 15) is 106 Å². The number of Topliss-reactive ketones (excluding diaryl/α,β-unsaturated/α-hetero) is 1. The molecule has 0 saturated carbocycles. The van der Waals surface area contributed by atoms with Crippen molar-refractivity contribution in [3.63, 3.8) is 0 Å². The Hall–Kier alpha value is -2.51. The zero-order chi connectivity index (χ0) is 53.2. The number of rotatable bonds is 18. The van der Waals surface area contributed by atoms with Gasteiger partial charge in [0.2, 0.25) is 12.2 Å². The molecule has 0 aromatic heterocycles. The molecule has 6 rings (SSSR count). The lowest BCUT2D eigenvalue weighted by atomic mass is 9.95. The van der Waals surface area contributed by atoms with E-state index >= 15 is 0 Å². The fourth-order valence-corrected chi connectivity index (χ4v) is 8.81. The van der Waals surface area contributed by atoms with Crippen LogP contribution in [-0.4, -0.2) is 321 Å². The highest BCUT2D eigenvalue weighted by atomic mass is 16.8. The molecular formula is C39H63NO32. The lowest BCUT2D eigenvalue weighted by molar-refractivity contribution is -0.393. The molecule has 33 nitrogen and oxygen atoms in total. The fourth-order valence-electron chi connectivity index (χ4n) is 8.81. The van der Waals surface area contributed by atoms with Gasteiger partial charge < -0.3 is 149 Å². The maximum absolute atomic E-state index is 12.5. The molecule has 0 spiro atoms. The molecule has 72 heavy (non-hydrogen) atoms. The van der Waals surface area contributed by atoms with Crippen LogP contribution >= 0.6 is 0 Å². The van der Waals surface area contributed by atoms with E-state index in [2.05, 4.69) is 5.32 Å². The quantitative estimate of drug-likeness (QED) is 0.0606. The first kappa shape index (κ1) is 58.7. The molecule has 0 aliphatic carbocycles. The van der Waals surface area contributed by atoms with Crippen LogP contribution < -0.4 is 5.32 Å². The SMILES string of the molecule is CC(=O)N[C@H]1[C@H](O[C@H]2[C@@H](O[C@H]3[C@H](OC[C@H]4O[C@H](OC(C(=O)O)[C@H]5O[C@@H](O)C(=O)C[C@@H]5O)[C@H](O)[C@@H](O[C@@H]5O[C@H](CO)[C@@H](O)[C@H](O)[C@H]5O)[C@@H]4O)O[C@H](CO)[C@@H](O)[C@@H]3O)O[C@H](CO)[C@@H](O)[C@@H]2O)O[C@H](CO)[C@@H](O)[C@@H]1O. The Kier molecular flexibility index (Phi) is 20.5. The van der Waals surface area contributed by atoms with Crippen LogP contribution in [0.4, 0.5) is 0 Å². The molecule has 6 aliphatic rings. The van der Waals surface area contributed by atoms with E-state index in [0.717, 1.165) is 6.92 Å². The van der Waals surface area contributed by atoms with E-state index < -0.39 is 235 Å². The Morgan fingerprint density at radius 1 is 0.528 bits per heavy atom. The van der Waals surface area contributed by atoms with Crippen LogP contribution in [0.15, 0.2) is 0 Å². The summed E-state index contributed by atoms with van der Waals surface area (Å²) in [4.78, 5) is 36.7. The number of ether oxygens (including phenoxy) is 11. The van der Waals surface area contributed by atoms with Gasteiger partial charge in [-0.05, 0) is 0 Å². The largest absolute Gasteiger partial charge is 0.479 e. The van der Waals surface area contributed by atoms with Gasteiger partial charge in [-0.25, -0.2) is 4.79 Å². The van der Waals surface area contributed by atoms with Crippen LogP contribution in [-0.2, 0) is 66.5 Å². The average molecular weight is 1060 g/mol. The van der Waals surface area contributed by atoms with Gasteiger partial charge in [0, 0.05) is 13.3 Å². The molecule has 0 aromatic carbocycles. The second kappa shape index (κ2) is 25.1. The van der Waals surface area contributed by atoms with E-state index in [1.165, 1.54) is 0 Å². The van der Waals surface area contributed by atoms with Crippen molar-refractivity contribution in [3.8, 4) is 0 Å². The van der Waals surface area contributed by atoms with E-state index in [4.69, 9.17) is 52.1 Å². The summed E-state index contributed by atoms with van der Waals surface area (Å²) in [6.07, 6.45) is -57.8. The van der Waals surface area contributed by atoms with Gasteiger partial charge in [-0.1, -0.05) is 0 Å². The lowest BCUT2D eigenvalue weighted by Crippen LogP contribution is -2.68. The van der Waals surface area contributed by atoms with Crippen molar-refractivity contribution in [3.05, 3.63) is 0 Å². The minimum Gasteiger partial charge on any atom is -0.479 e. The number of carboxylic acid groups (broad SMARTS) is 1. The van der Waals surface area contributed by atoms with Gasteiger partial charge in [-0.2, -0.15) is 0 Å². The third-order valence-corrected chi connectivity index (χ3v) is 12.9. The molecule has 0 bridgehead atoms. The molecule has 19 N–H and O–H groups in total. The maximum atomic E-state index is 12.5. The number of ketones is 1. The second-order valence-corrected chi connectivity index (χ2v) is 17.8. The van der Waals surface area contributed by atoms with Gasteiger partial charge in [-0.3, -0.25) is 9.59 Å². The predicted molar refractivity (Wildman–Crippen MR) is 215 cm³/mol. The van der Waals surface area contributed by atoms with E-state index in [1.54, 1.807) is 0 Å². The molecular weight excluding hydrogens is 994 g/mol. The number of carbonyl (C=O) groups excluding carboxylic acids is 2. The standard InChI is InChI=1S/C39H63NO32/c1-8(45)40-16-22(53)17(48)11(3-41)63-35(16)70-31-25(56)20(51)14(6-44)66-39(31)71-30-24(55)19(50)13(5-43)65-38(30)62-7-15-21(52)29(69-36-26(57)23(54)18(49)12(4-42)64-36)27(58)37(67-15)72-32(33(59)60)28-9(46)2-10(47)34(61)68-28/h9,11-32,34-39,41-44,46,48-58,61H,2-7H2,1H3,(H,40,45)(H,59,60)/t9-,11+,12+,13+,14+,15+,16+,17+,18+,19+,20+,21+,22+,23-,24-,25-,26+,27+,28-,29-,30+,31+,32?,34+,35-,36-,37+,38+,39+/m0/s1. The first-order valence-corrected chi connectivity index (χ1v) is 22.4. The van der Waals surface area contributed by atoms with Crippen LogP contribution in [0.3, 0.4) is 0 Å². The summed E-state index contributed by atoms with van der Waals surface area (Å²) in [5.41, 5.74) is 0. The highest BCUT2D eigenvalue weighted by Crippen LogP contribution is 2.36. The van der Waals surface area contributed by atoms with E-state index in [0.29, 0.717) is 0 Å². The second-order valence-electron chi connectivity index (χ2n) is 17.8. The summed E-state index contributed by atoms with van der Waals surface area (Å²) in [5, 5.41) is 193. The number of carboxylic acids is 1. The van der Waals surface area contributed by atoms with Crippen LogP contribution in [0.2, 0.25) is 0 Å². The van der Waals surface area contributed by atoms with Crippen LogP contribution in [0.25, 0.3) is 0 Å². The van der Waals surface area contributed by atoms with Gasteiger partial charge in [0.15, 0.2) is 43.3 Å². The highest BCUT2D eigenvalue weighted by Gasteiger charge is 2.57. The summed E-state index contributed by atoms with van der Waals surface area (Å²) in [6, 6.07) is -1.66. The first-order valence-electron chi connectivity index (χ1n) is 22.4. The zero-order valence-electron chi connectivity index (χ0n) is 37.8. The topological polar surface area (TPSA) is 529 Å². The van der Waals surface area contributed by atoms with Crippen molar-refractivity contribution >= 4 is 17.7 Å². The molecule has 33 heteroatoms. The number of aliphatic carboxylic acids is 1. The first-order chi connectivity index (χ1) is 34.0. The van der Waals surface area contributed by atoms with E-state index in [-0.39, 0.29) is 0 Å². The molecule has 6 heterocycles. The smallest absolute Gasteiger partial charge is 0.335 e. The molecule has 6 aliphatic heterocycles. The minimum absolute atomic E-state index is 0.795. The number of nitrogens with one attached hydrogen (secondary N) is 1. The van der Waals surface area contributed by atoms with Crippen molar-refractivity contribution in [1.82, 2.24) is 5.32 Å². The van der Waals surface area contributed by atoms with Crippen LogP contribution in [0, 0.1) is 0 Å². The van der Waals surface area contributed by atoms with Crippen molar-refractivity contribution in [1.29, 1.82) is 0 Å². The number of amides is 1. The summed E-state index contributed by atoms with van der Waals surface area (Å²) in [7, 11) is 0. The molecule has 0 radical (unpaired) electrons. The molecule has 1 amide bonds. The minimum atomic E-state index is -2.41. The molecule has 29 atom stereocenters. The Balaban J connectivity index is 1.30.